The third-order valence-electron chi connectivity index (χ3n) is 5.58. The molecule has 0 aromatic heterocycles. The van der Waals surface area contributed by atoms with E-state index in [0.29, 0.717) is 30.3 Å². The summed E-state index contributed by atoms with van der Waals surface area (Å²) in [6.45, 7) is 5.95. The monoisotopic (exact) mass is 397 g/mol. The van der Waals surface area contributed by atoms with Crippen LogP contribution < -0.4 is 9.47 Å². The molecule has 3 aromatic rings. The van der Waals surface area contributed by atoms with E-state index in [9.17, 15) is 4.79 Å². The number of aryl methyl sites for hydroxylation is 2. The lowest BCUT2D eigenvalue weighted by atomic mass is 9.98. The predicted molar refractivity (Wildman–Crippen MR) is 116 cm³/mol. The van der Waals surface area contributed by atoms with Gasteiger partial charge in [0.2, 0.25) is 5.78 Å². The average Bonchev–Trinajstić information content (AvgIpc) is 3.06. The van der Waals surface area contributed by atoms with Crippen molar-refractivity contribution < 1.29 is 14.3 Å². The second-order valence-electron chi connectivity index (χ2n) is 7.97. The molecule has 0 atom stereocenters. The van der Waals surface area contributed by atoms with Crippen LogP contribution in [-0.4, -0.2) is 17.4 Å². The number of hydrogen-bond donors (Lipinski definition) is 0. The van der Waals surface area contributed by atoms with Gasteiger partial charge in [0.15, 0.2) is 5.76 Å². The predicted octanol–water partition coefficient (Wildman–Crippen LogP) is 5.27. The second kappa shape index (κ2) is 7.47. The van der Waals surface area contributed by atoms with Gasteiger partial charge in [0, 0.05) is 13.1 Å². The van der Waals surface area contributed by atoms with Gasteiger partial charge in [-0.05, 0) is 42.7 Å². The molecular formula is C26H23NO3. The average molecular weight is 397 g/mol. The standard InChI is InChI=1S/C26H23NO3/c1-17-7-6-10-20(11-17)13-23-25(28)24-18(2)12-22-21(26(24)30-23)15-27(16-29-22)14-19-8-4-3-5-9-19/h3-13H,14-16H2,1-2H3/b23-13-. The van der Waals surface area contributed by atoms with E-state index in [1.54, 1.807) is 0 Å². The van der Waals surface area contributed by atoms with Crippen LogP contribution >= 0.6 is 0 Å². The smallest absolute Gasteiger partial charge is 0.232 e. The molecule has 0 aliphatic carbocycles. The van der Waals surface area contributed by atoms with E-state index >= 15 is 0 Å². The first kappa shape index (κ1) is 18.6. The molecule has 5 rings (SSSR count). The molecule has 2 heterocycles. The van der Waals surface area contributed by atoms with E-state index in [0.717, 1.165) is 34.5 Å². The maximum absolute atomic E-state index is 13.1. The van der Waals surface area contributed by atoms with Gasteiger partial charge >= 0.3 is 0 Å². The van der Waals surface area contributed by atoms with Crippen molar-refractivity contribution in [1.82, 2.24) is 4.90 Å². The van der Waals surface area contributed by atoms with Crippen molar-refractivity contribution >= 4 is 11.9 Å². The van der Waals surface area contributed by atoms with E-state index in [4.69, 9.17) is 9.47 Å². The number of carbonyl (C=O) groups excluding carboxylic acids is 1. The topological polar surface area (TPSA) is 38.8 Å². The fourth-order valence-electron chi connectivity index (χ4n) is 4.13. The van der Waals surface area contributed by atoms with Gasteiger partial charge in [0.1, 0.15) is 18.2 Å². The highest BCUT2D eigenvalue weighted by Gasteiger charge is 2.35. The minimum Gasteiger partial charge on any atom is -0.478 e. The van der Waals surface area contributed by atoms with Crippen molar-refractivity contribution in [3.05, 3.63) is 99.8 Å². The van der Waals surface area contributed by atoms with Crippen LogP contribution in [0.25, 0.3) is 6.08 Å². The van der Waals surface area contributed by atoms with Crippen molar-refractivity contribution in [1.29, 1.82) is 0 Å². The molecule has 0 radical (unpaired) electrons. The van der Waals surface area contributed by atoms with Crippen LogP contribution in [0.1, 0.15) is 38.2 Å². The molecule has 0 saturated heterocycles. The van der Waals surface area contributed by atoms with Crippen molar-refractivity contribution in [2.24, 2.45) is 0 Å². The van der Waals surface area contributed by atoms with E-state index < -0.39 is 0 Å². The van der Waals surface area contributed by atoms with Gasteiger partial charge in [-0.1, -0.05) is 60.2 Å². The Labute approximate surface area is 176 Å². The zero-order valence-electron chi connectivity index (χ0n) is 17.1. The molecule has 0 unspecified atom stereocenters. The summed E-state index contributed by atoms with van der Waals surface area (Å²) >= 11 is 0. The molecular weight excluding hydrogens is 374 g/mol. The molecule has 4 nitrogen and oxygen atoms in total. The van der Waals surface area contributed by atoms with Crippen LogP contribution in [0.3, 0.4) is 0 Å². The maximum Gasteiger partial charge on any atom is 0.232 e. The SMILES string of the molecule is Cc1cccc(/C=C2\Oc3c4c(cc(C)c3C2=O)OCN(Cc2ccccc2)C4)c1. The molecule has 30 heavy (non-hydrogen) atoms. The summed E-state index contributed by atoms with van der Waals surface area (Å²) in [4.78, 5) is 15.3. The molecule has 150 valence electrons. The van der Waals surface area contributed by atoms with E-state index in [-0.39, 0.29) is 5.78 Å². The van der Waals surface area contributed by atoms with Crippen molar-refractivity contribution in [3.8, 4) is 11.5 Å². The lowest BCUT2D eigenvalue weighted by Gasteiger charge is -2.30. The van der Waals surface area contributed by atoms with Gasteiger partial charge in [-0.3, -0.25) is 9.69 Å². The Kier molecular flexibility index (Phi) is 4.64. The Morgan fingerprint density at radius 1 is 1.03 bits per heavy atom. The lowest BCUT2D eigenvalue weighted by molar-refractivity contribution is 0.0872. The summed E-state index contributed by atoms with van der Waals surface area (Å²) in [5.41, 5.74) is 5.81. The normalized spacial score (nSPS) is 16.7. The van der Waals surface area contributed by atoms with Gasteiger partial charge in [-0.15, -0.1) is 0 Å². The summed E-state index contributed by atoms with van der Waals surface area (Å²) in [5.74, 6) is 1.76. The number of hydrogen-bond acceptors (Lipinski definition) is 4. The molecule has 2 aliphatic rings. The fourth-order valence-corrected chi connectivity index (χ4v) is 4.13. The Morgan fingerprint density at radius 2 is 1.87 bits per heavy atom. The minimum absolute atomic E-state index is 0.0630. The molecule has 0 spiro atoms. The number of ether oxygens (including phenoxy) is 2. The molecule has 0 N–H and O–H groups in total. The summed E-state index contributed by atoms with van der Waals surface area (Å²) in [6.07, 6.45) is 1.83. The molecule has 0 bridgehead atoms. The summed E-state index contributed by atoms with van der Waals surface area (Å²) in [7, 11) is 0. The van der Waals surface area contributed by atoms with Crippen molar-refractivity contribution in [2.75, 3.05) is 6.73 Å². The Bertz CT molecular complexity index is 1160. The largest absolute Gasteiger partial charge is 0.478 e. The molecule has 0 amide bonds. The van der Waals surface area contributed by atoms with E-state index in [2.05, 4.69) is 17.0 Å². The maximum atomic E-state index is 13.1. The highest BCUT2D eigenvalue weighted by molar-refractivity contribution is 6.15. The van der Waals surface area contributed by atoms with E-state index in [1.807, 2.05) is 68.5 Å². The number of carbonyl (C=O) groups is 1. The van der Waals surface area contributed by atoms with Gasteiger partial charge < -0.3 is 9.47 Å². The third-order valence-corrected chi connectivity index (χ3v) is 5.58. The van der Waals surface area contributed by atoms with Crippen molar-refractivity contribution in [2.45, 2.75) is 26.9 Å². The second-order valence-corrected chi connectivity index (χ2v) is 7.97. The number of ketones is 1. The van der Waals surface area contributed by atoms with Gasteiger partial charge in [-0.25, -0.2) is 0 Å². The van der Waals surface area contributed by atoms with Crippen LogP contribution in [0.4, 0.5) is 0 Å². The van der Waals surface area contributed by atoms with Crippen LogP contribution in [0.2, 0.25) is 0 Å². The summed E-state index contributed by atoms with van der Waals surface area (Å²) in [6, 6.07) is 20.3. The third kappa shape index (κ3) is 3.40. The number of fused-ring (bicyclic) bond motifs is 3. The molecule has 0 saturated carbocycles. The lowest BCUT2D eigenvalue weighted by Crippen LogP contribution is -2.31. The molecule has 2 aliphatic heterocycles. The number of nitrogens with zero attached hydrogens (tertiary/aromatic N) is 1. The highest BCUT2D eigenvalue weighted by Crippen LogP contribution is 2.44. The summed E-state index contributed by atoms with van der Waals surface area (Å²) < 4.78 is 12.2. The van der Waals surface area contributed by atoms with Gasteiger partial charge in [0.05, 0.1) is 11.1 Å². The van der Waals surface area contributed by atoms with E-state index in [1.165, 1.54) is 5.56 Å². The Balaban J connectivity index is 1.48. The minimum atomic E-state index is -0.0630. The number of benzene rings is 3. The first-order valence-electron chi connectivity index (χ1n) is 10.1. The zero-order valence-corrected chi connectivity index (χ0v) is 17.1. The molecule has 4 heteroatoms. The Hall–Kier alpha value is -3.37. The number of rotatable bonds is 3. The fraction of sp³-hybridized carbons (Fsp3) is 0.192. The van der Waals surface area contributed by atoms with Gasteiger partial charge in [-0.2, -0.15) is 0 Å². The summed E-state index contributed by atoms with van der Waals surface area (Å²) in [5, 5.41) is 0. The first-order valence-corrected chi connectivity index (χ1v) is 10.1. The van der Waals surface area contributed by atoms with Gasteiger partial charge in [0.25, 0.3) is 0 Å². The number of allylic oxidation sites excluding steroid dienone is 1. The van der Waals surface area contributed by atoms with Crippen LogP contribution in [-0.2, 0) is 13.1 Å². The molecule has 3 aromatic carbocycles. The first-order chi connectivity index (χ1) is 14.6. The van der Waals surface area contributed by atoms with Crippen LogP contribution in [0.5, 0.6) is 11.5 Å². The van der Waals surface area contributed by atoms with Crippen molar-refractivity contribution in [3.63, 3.8) is 0 Å². The zero-order chi connectivity index (χ0) is 20.7. The quantitative estimate of drug-likeness (QED) is 0.564. The highest BCUT2D eigenvalue weighted by atomic mass is 16.5. The Morgan fingerprint density at radius 3 is 2.67 bits per heavy atom. The van der Waals surface area contributed by atoms with Crippen LogP contribution in [0, 0.1) is 13.8 Å². The van der Waals surface area contributed by atoms with Crippen LogP contribution in [0.15, 0.2) is 66.4 Å². The number of Topliss-reactive ketones (excluding diaryl/α,β-unsaturated/α-hetero) is 1. The molecule has 0 fully saturated rings.